The van der Waals surface area contributed by atoms with Crippen LogP contribution in [0.2, 0.25) is 5.02 Å². The number of halogens is 1. The molecule has 1 aromatic heterocycles. The number of rotatable bonds is 5. The van der Waals surface area contributed by atoms with Gasteiger partial charge in [0.15, 0.2) is 4.34 Å². The zero-order valence-corrected chi connectivity index (χ0v) is 16.1. The first-order valence-corrected chi connectivity index (χ1v) is 9.78. The summed E-state index contributed by atoms with van der Waals surface area (Å²) in [6, 6.07) is 13.5. The second-order valence-electron chi connectivity index (χ2n) is 5.62. The fraction of sp³-hybridized carbons (Fsp3) is 0.167. The van der Waals surface area contributed by atoms with Crippen LogP contribution in [0.15, 0.2) is 46.8 Å². The maximum Gasteiger partial charge on any atom is 0.257 e. The predicted molar refractivity (Wildman–Crippen MR) is 105 cm³/mol. The molecular formula is C18H16ClN3OS2. The van der Waals surface area contributed by atoms with E-state index < -0.39 is 0 Å². The molecule has 7 heteroatoms. The molecule has 0 saturated heterocycles. The molecule has 0 aliphatic heterocycles. The van der Waals surface area contributed by atoms with Gasteiger partial charge in [0.2, 0.25) is 5.13 Å². The highest BCUT2D eigenvalue weighted by molar-refractivity contribution is 8.00. The summed E-state index contributed by atoms with van der Waals surface area (Å²) >= 11 is 8.92. The highest BCUT2D eigenvalue weighted by atomic mass is 35.5. The topological polar surface area (TPSA) is 54.9 Å². The molecule has 1 amide bonds. The zero-order chi connectivity index (χ0) is 17.8. The van der Waals surface area contributed by atoms with Crippen LogP contribution in [0, 0.1) is 13.8 Å². The maximum absolute atomic E-state index is 12.4. The van der Waals surface area contributed by atoms with E-state index in [1.807, 2.05) is 56.3 Å². The van der Waals surface area contributed by atoms with E-state index in [9.17, 15) is 4.79 Å². The van der Waals surface area contributed by atoms with Crippen molar-refractivity contribution in [2.75, 3.05) is 5.32 Å². The van der Waals surface area contributed by atoms with Crippen LogP contribution in [-0.4, -0.2) is 16.1 Å². The Hall–Kier alpha value is -1.89. The molecule has 3 rings (SSSR count). The number of anilines is 1. The lowest BCUT2D eigenvalue weighted by Crippen LogP contribution is -2.12. The van der Waals surface area contributed by atoms with Crippen molar-refractivity contribution in [3.63, 3.8) is 0 Å². The molecule has 0 spiro atoms. The minimum absolute atomic E-state index is 0.172. The quantitative estimate of drug-likeness (QED) is 0.471. The van der Waals surface area contributed by atoms with Crippen molar-refractivity contribution < 1.29 is 4.79 Å². The van der Waals surface area contributed by atoms with Gasteiger partial charge < -0.3 is 0 Å². The number of carbonyl (C=O) groups excluding carboxylic acids is 1. The third-order valence-corrected chi connectivity index (χ3v) is 5.64. The van der Waals surface area contributed by atoms with Gasteiger partial charge in [-0.1, -0.05) is 64.0 Å². The van der Waals surface area contributed by atoms with Crippen LogP contribution < -0.4 is 5.32 Å². The molecule has 0 bridgehead atoms. The van der Waals surface area contributed by atoms with Crippen molar-refractivity contribution in [2.45, 2.75) is 23.9 Å². The van der Waals surface area contributed by atoms with Crippen molar-refractivity contribution >= 4 is 45.7 Å². The number of nitrogens with one attached hydrogen (secondary N) is 1. The van der Waals surface area contributed by atoms with E-state index in [1.165, 1.54) is 11.3 Å². The van der Waals surface area contributed by atoms with Gasteiger partial charge in [0.25, 0.3) is 5.91 Å². The highest BCUT2D eigenvalue weighted by Gasteiger charge is 2.11. The van der Waals surface area contributed by atoms with Crippen molar-refractivity contribution in [3.05, 3.63) is 69.7 Å². The van der Waals surface area contributed by atoms with E-state index in [1.54, 1.807) is 11.8 Å². The summed E-state index contributed by atoms with van der Waals surface area (Å²) in [5, 5.41) is 12.2. The summed E-state index contributed by atoms with van der Waals surface area (Å²) in [6.07, 6.45) is 0. The lowest BCUT2D eigenvalue weighted by molar-refractivity contribution is 0.102. The Morgan fingerprint density at radius 2 is 1.92 bits per heavy atom. The van der Waals surface area contributed by atoms with Crippen LogP contribution in [0.25, 0.3) is 0 Å². The smallest absolute Gasteiger partial charge is 0.257 e. The molecule has 0 saturated carbocycles. The van der Waals surface area contributed by atoms with Crippen molar-refractivity contribution in [3.8, 4) is 0 Å². The summed E-state index contributed by atoms with van der Waals surface area (Å²) in [7, 11) is 0. The monoisotopic (exact) mass is 389 g/mol. The number of carbonyl (C=O) groups is 1. The second kappa shape index (κ2) is 7.99. The largest absolute Gasteiger partial charge is 0.296 e. The molecule has 25 heavy (non-hydrogen) atoms. The Kier molecular flexibility index (Phi) is 5.73. The van der Waals surface area contributed by atoms with E-state index >= 15 is 0 Å². The first kappa shape index (κ1) is 17.9. The van der Waals surface area contributed by atoms with Crippen LogP contribution in [0.4, 0.5) is 5.13 Å². The van der Waals surface area contributed by atoms with Crippen LogP contribution in [0.1, 0.15) is 27.0 Å². The molecule has 0 aliphatic rings. The third kappa shape index (κ3) is 5.04. The molecule has 0 radical (unpaired) electrons. The Bertz CT molecular complexity index is 891. The summed E-state index contributed by atoms with van der Waals surface area (Å²) in [6.45, 7) is 3.94. The Morgan fingerprint density at radius 3 is 2.64 bits per heavy atom. The summed E-state index contributed by atoms with van der Waals surface area (Å²) in [5.41, 5.74) is 3.86. The molecule has 0 atom stereocenters. The first-order chi connectivity index (χ1) is 12.0. The van der Waals surface area contributed by atoms with Gasteiger partial charge >= 0.3 is 0 Å². The highest BCUT2D eigenvalue weighted by Crippen LogP contribution is 2.29. The molecular weight excluding hydrogens is 374 g/mol. The van der Waals surface area contributed by atoms with Gasteiger partial charge in [0.1, 0.15) is 0 Å². The van der Waals surface area contributed by atoms with Crippen LogP contribution in [0.3, 0.4) is 0 Å². The molecule has 0 aliphatic carbocycles. The summed E-state index contributed by atoms with van der Waals surface area (Å²) in [4.78, 5) is 12.4. The van der Waals surface area contributed by atoms with Gasteiger partial charge in [-0.05, 0) is 43.7 Å². The van der Waals surface area contributed by atoms with Crippen LogP contribution in [-0.2, 0) is 5.75 Å². The van der Waals surface area contributed by atoms with E-state index in [2.05, 4.69) is 15.5 Å². The van der Waals surface area contributed by atoms with E-state index in [0.29, 0.717) is 10.7 Å². The van der Waals surface area contributed by atoms with E-state index in [0.717, 1.165) is 31.8 Å². The van der Waals surface area contributed by atoms with Gasteiger partial charge in [-0.25, -0.2) is 0 Å². The maximum atomic E-state index is 12.4. The number of amides is 1. The standard InChI is InChI=1S/C18H16ClN3OS2/c1-11-6-12(2)8-14(7-11)16(23)20-17-21-22-18(25-17)24-10-13-4-3-5-15(19)9-13/h3-9H,10H2,1-2H3,(H,20,21,23). The average molecular weight is 390 g/mol. The number of nitrogens with zero attached hydrogens (tertiary/aromatic N) is 2. The Morgan fingerprint density at radius 1 is 1.16 bits per heavy atom. The Labute approximate surface area is 159 Å². The second-order valence-corrected chi connectivity index (χ2v) is 8.26. The van der Waals surface area contributed by atoms with Gasteiger partial charge in [-0.15, -0.1) is 10.2 Å². The fourth-order valence-corrected chi connectivity index (χ4v) is 4.27. The zero-order valence-electron chi connectivity index (χ0n) is 13.7. The van der Waals surface area contributed by atoms with E-state index in [-0.39, 0.29) is 5.91 Å². The SMILES string of the molecule is Cc1cc(C)cc(C(=O)Nc2nnc(SCc3cccc(Cl)c3)s2)c1. The number of hydrogen-bond donors (Lipinski definition) is 1. The molecule has 2 aromatic carbocycles. The van der Waals surface area contributed by atoms with Crippen LogP contribution in [0.5, 0.6) is 0 Å². The first-order valence-electron chi connectivity index (χ1n) is 7.60. The number of thioether (sulfide) groups is 1. The summed E-state index contributed by atoms with van der Waals surface area (Å²) in [5.74, 6) is 0.578. The van der Waals surface area contributed by atoms with Crippen molar-refractivity contribution in [1.29, 1.82) is 0 Å². The number of benzene rings is 2. The molecule has 1 N–H and O–H groups in total. The minimum Gasteiger partial charge on any atom is -0.296 e. The molecule has 0 unspecified atom stereocenters. The summed E-state index contributed by atoms with van der Waals surface area (Å²) < 4.78 is 0.802. The fourth-order valence-electron chi connectivity index (χ4n) is 2.37. The molecule has 0 fully saturated rings. The van der Waals surface area contributed by atoms with E-state index in [4.69, 9.17) is 11.6 Å². The van der Waals surface area contributed by atoms with Gasteiger partial charge in [-0.3, -0.25) is 10.1 Å². The number of hydrogen-bond acceptors (Lipinski definition) is 5. The molecule has 4 nitrogen and oxygen atoms in total. The number of aromatic nitrogens is 2. The Balaban J connectivity index is 1.62. The van der Waals surface area contributed by atoms with Crippen LogP contribution >= 0.6 is 34.7 Å². The molecule has 1 heterocycles. The van der Waals surface area contributed by atoms with Gasteiger partial charge in [0.05, 0.1) is 0 Å². The van der Waals surface area contributed by atoms with Crippen molar-refractivity contribution in [2.24, 2.45) is 0 Å². The number of aryl methyl sites for hydroxylation is 2. The lowest BCUT2D eigenvalue weighted by Gasteiger charge is -2.04. The molecule has 3 aromatic rings. The van der Waals surface area contributed by atoms with Gasteiger partial charge in [-0.2, -0.15) is 0 Å². The predicted octanol–water partition coefficient (Wildman–Crippen LogP) is 5.35. The van der Waals surface area contributed by atoms with Crippen molar-refractivity contribution in [1.82, 2.24) is 10.2 Å². The average Bonchev–Trinajstić information content (AvgIpc) is 2.99. The lowest BCUT2D eigenvalue weighted by atomic mass is 10.1. The van der Waals surface area contributed by atoms with Gasteiger partial charge in [0, 0.05) is 16.3 Å². The normalized spacial score (nSPS) is 10.7. The minimum atomic E-state index is -0.172. The molecule has 128 valence electrons. The third-order valence-electron chi connectivity index (χ3n) is 3.36.